The Bertz CT molecular complexity index is 1120. The molecule has 13 heteroatoms. The van der Waals surface area contributed by atoms with Gasteiger partial charge in [0.2, 0.25) is 0 Å². The van der Waals surface area contributed by atoms with Crippen molar-refractivity contribution < 1.29 is 20.1 Å². The molecule has 1 aliphatic rings. The molecule has 0 radical (unpaired) electrons. The summed E-state index contributed by atoms with van der Waals surface area (Å²) in [5, 5.41) is 51.5. The van der Waals surface area contributed by atoms with Crippen molar-refractivity contribution in [3.63, 3.8) is 0 Å². The Labute approximate surface area is 194 Å². The molecule has 2 unspecified atom stereocenters. The minimum Gasteiger partial charge on any atom is -0.394 e. The van der Waals surface area contributed by atoms with Crippen molar-refractivity contribution >= 4 is 46.3 Å². The van der Waals surface area contributed by atoms with Gasteiger partial charge in [-0.05, 0) is 18.2 Å². The summed E-state index contributed by atoms with van der Waals surface area (Å²) in [4.78, 5) is 4.73. The lowest BCUT2D eigenvalue weighted by Crippen LogP contribution is -2.55. The monoisotopic (exact) mass is 499 g/mol. The summed E-state index contributed by atoms with van der Waals surface area (Å²) in [7, 11) is 0. The van der Waals surface area contributed by atoms with Crippen LogP contribution in [-0.4, -0.2) is 65.7 Å². The first-order valence-electron chi connectivity index (χ1n) is 8.92. The van der Waals surface area contributed by atoms with Gasteiger partial charge in [-0.25, -0.2) is 9.67 Å². The van der Waals surface area contributed by atoms with Crippen LogP contribution in [0.3, 0.4) is 0 Å². The molecular formula is C18H15Cl2N5O4S2. The topological polar surface area (TPSA) is 137 Å². The predicted octanol–water partition coefficient (Wildman–Crippen LogP) is 2.35. The van der Waals surface area contributed by atoms with E-state index in [0.29, 0.717) is 31.3 Å². The number of thiazole rings is 1. The lowest BCUT2D eigenvalue weighted by Gasteiger charge is -2.41. The van der Waals surface area contributed by atoms with Crippen LogP contribution in [-0.2, 0) is 4.74 Å². The van der Waals surface area contributed by atoms with Crippen LogP contribution < -0.4 is 0 Å². The summed E-state index contributed by atoms with van der Waals surface area (Å²) in [6.07, 6.45) is -1.90. The van der Waals surface area contributed by atoms with Gasteiger partial charge in [-0.2, -0.15) is 5.26 Å². The largest absolute Gasteiger partial charge is 0.394 e. The Balaban J connectivity index is 1.62. The van der Waals surface area contributed by atoms with Crippen molar-refractivity contribution in [2.75, 3.05) is 6.61 Å². The van der Waals surface area contributed by atoms with Crippen LogP contribution in [0.15, 0.2) is 34.7 Å². The molecular weight excluding hydrogens is 485 g/mol. The summed E-state index contributed by atoms with van der Waals surface area (Å²) in [5.41, 5.74) is -0.0859. The molecule has 1 saturated heterocycles. The Morgan fingerprint density at radius 1 is 1.26 bits per heavy atom. The van der Waals surface area contributed by atoms with E-state index in [4.69, 9.17) is 33.2 Å². The van der Waals surface area contributed by atoms with Crippen molar-refractivity contribution in [1.82, 2.24) is 20.0 Å². The maximum absolute atomic E-state index is 11.0. The molecule has 1 fully saturated rings. The van der Waals surface area contributed by atoms with E-state index in [2.05, 4.69) is 15.3 Å². The second kappa shape index (κ2) is 9.40. The normalized spacial score (nSPS) is 26.0. The SMILES string of the molecule is N#Cc1cc(Cl)cc(S[C@H]2OC(CO)[C@H](O)C(n3cc(-c4nc(Cl)cs4)nn3)[C@H]2O)c1. The number of hydrogen-bond acceptors (Lipinski definition) is 10. The van der Waals surface area contributed by atoms with Crippen LogP contribution in [0.2, 0.25) is 10.2 Å². The molecule has 2 aromatic heterocycles. The summed E-state index contributed by atoms with van der Waals surface area (Å²) in [6.45, 7) is -0.468. The molecule has 31 heavy (non-hydrogen) atoms. The van der Waals surface area contributed by atoms with Crippen LogP contribution in [0.5, 0.6) is 0 Å². The number of ether oxygens (including phenoxy) is 1. The number of aromatic nitrogens is 4. The molecule has 1 aliphatic heterocycles. The van der Waals surface area contributed by atoms with Crippen LogP contribution in [0, 0.1) is 11.3 Å². The van der Waals surface area contributed by atoms with Gasteiger partial charge in [0.1, 0.15) is 45.6 Å². The molecule has 0 bridgehead atoms. The van der Waals surface area contributed by atoms with Crippen LogP contribution in [0.1, 0.15) is 11.6 Å². The van der Waals surface area contributed by atoms with Gasteiger partial charge in [0.15, 0.2) is 0 Å². The smallest absolute Gasteiger partial charge is 0.147 e. The lowest BCUT2D eigenvalue weighted by molar-refractivity contribution is -0.178. The zero-order valence-corrected chi connectivity index (χ0v) is 18.7. The van der Waals surface area contributed by atoms with E-state index in [-0.39, 0.29) is 0 Å². The van der Waals surface area contributed by atoms with Crippen molar-refractivity contribution in [3.05, 3.63) is 45.5 Å². The summed E-state index contributed by atoms with van der Waals surface area (Å²) in [6, 6.07) is 5.84. The average Bonchev–Trinajstić information content (AvgIpc) is 3.39. The Morgan fingerprint density at radius 2 is 2.06 bits per heavy atom. The van der Waals surface area contributed by atoms with E-state index >= 15 is 0 Å². The average molecular weight is 500 g/mol. The summed E-state index contributed by atoms with van der Waals surface area (Å²) in [5.74, 6) is 0. The highest BCUT2D eigenvalue weighted by atomic mass is 35.5. The first-order valence-corrected chi connectivity index (χ1v) is 11.4. The second-order valence-corrected chi connectivity index (χ2v) is 9.52. The molecule has 5 atom stereocenters. The number of hydrogen-bond donors (Lipinski definition) is 3. The molecule has 4 rings (SSSR count). The van der Waals surface area contributed by atoms with Gasteiger partial charge in [-0.1, -0.05) is 40.2 Å². The molecule has 1 aromatic carbocycles. The Hall–Kier alpha value is -1.75. The fraction of sp³-hybridized carbons (Fsp3) is 0.333. The molecule has 162 valence electrons. The van der Waals surface area contributed by atoms with E-state index < -0.39 is 36.4 Å². The third-order valence-electron chi connectivity index (χ3n) is 4.61. The Kier molecular flexibility index (Phi) is 6.80. The van der Waals surface area contributed by atoms with E-state index in [1.165, 1.54) is 22.1 Å². The highest BCUT2D eigenvalue weighted by Crippen LogP contribution is 2.39. The first-order chi connectivity index (χ1) is 14.9. The zero-order chi connectivity index (χ0) is 22.1. The summed E-state index contributed by atoms with van der Waals surface area (Å²) >= 11 is 14.3. The molecule has 3 N–H and O–H groups in total. The van der Waals surface area contributed by atoms with Crippen LogP contribution in [0.4, 0.5) is 0 Å². The number of aliphatic hydroxyl groups is 3. The number of rotatable bonds is 5. The number of nitrogens with zero attached hydrogens (tertiary/aromatic N) is 5. The van der Waals surface area contributed by atoms with Crippen molar-refractivity contribution in [2.45, 2.75) is 34.7 Å². The van der Waals surface area contributed by atoms with Gasteiger partial charge in [0.05, 0.1) is 24.4 Å². The number of nitriles is 1. The molecule has 0 spiro atoms. The van der Waals surface area contributed by atoms with E-state index in [1.807, 2.05) is 6.07 Å². The number of thioether (sulfide) groups is 1. The van der Waals surface area contributed by atoms with Gasteiger partial charge in [0.25, 0.3) is 0 Å². The zero-order valence-electron chi connectivity index (χ0n) is 15.5. The fourth-order valence-electron chi connectivity index (χ4n) is 3.20. The maximum Gasteiger partial charge on any atom is 0.147 e. The van der Waals surface area contributed by atoms with Crippen molar-refractivity contribution in [1.29, 1.82) is 5.26 Å². The second-order valence-electron chi connectivity index (χ2n) is 6.66. The highest BCUT2D eigenvalue weighted by Gasteiger charge is 2.46. The van der Waals surface area contributed by atoms with E-state index in [9.17, 15) is 15.3 Å². The number of halogens is 2. The highest BCUT2D eigenvalue weighted by molar-refractivity contribution is 7.99. The molecule has 3 aromatic rings. The minimum atomic E-state index is -1.25. The van der Waals surface area contributed by atoms with Gasteiger partial charge < -0.3 is 20.1 Å². The molecule has 3 heterocycles. The lowest BCUT2D eigenvalue weighted by atomic mass is 9.97. The minimum absolute atomic E-state index is 0.329. The summed E-state index contributed by atoms with van der Waals surface area (Å²) < 4.78 is 7.05. The van der Waals surface area contributed by atoms with Crippen LogP contribution >= 0.6 is 46.3 Å². The predicted molar refractivity (Wildman–Crippen MR) is 115 cm³/mol. The van der Waals surface area contributed by atoms with Crippen LogP contribution in [0.25, 0.3) is 10.7 Å². The third kappa shape index (κ3) is 4.72. The first kappa shape index (κ1) is 22.4. The quantitative estimate of drug-likeness (QED) is 0.482. The molecule has 0 aliphatic carbocycles. The van der Waals surface area contributed by atoms with Gasteiger partial charge in [-0.15, -0.1) is 16.4 Å². The standard InChI is InChI=1S/C18H15Cl2N5O4S2/c19-9-1-8(4-21)2-10(3-9)31-18-16(28)14(15(27)12(6-26)29-18)25-5-11(23-24-25)17-22-13(20)7-30-17/h1-3,5,7,12,14-16,18,26-28H,6H2/t12?,14?,15-,16+,18+/m0/s1. The van der Waals surface area contributed by atoms with Gasteiger partial charge in [0, 0.05) is 15.3 Å². The Morgan fingerprint density at radius 3 is 2.74 bits per heavy atom. The fourth-order valence-corrected chi connectivity index (χ4v) is 5.55. The van der Waals surface area contributed by atoms with E-state index in [0.717, 1.165) is 11.8 Å². The number of aliphatic hydroxyl groups excluding tert-OH is 3. The van der Waals surface area contributed by atoms with Crippen molar-refractivity contribution in [2.24, 2.45) is 0 Å². The van der Waals surface area contributed by atoms with Gasteiger partial charge >= 0.3 is 0 Å². The third-order valence-corrected chi connectivity index (χ3v) is 7.15. The molecule has 9 nitrogen and oxygen atoms in total. The van der Waals surface area contributed by atoms with Crippen molar-refractivity contribution in [3.8, 4) is 16.8 Å². The number of benzene rings is 1. The van der Waals surface area contributed by atoms with Gasteiger partial charge in [-0.3, -0.25) is 0 Å². The maximum atomic E-state index is 11.0. The van der Waals surface area contributed by atoms with E-state index in [1.54, 1.807) is 23.7 Å². The molecule has 0 amide bonds. The molecule has 0 saturated carbocycles.